The van der Waals surface area contributed by atoms with Crippen LogP contribution >= 0.6 is 11.8 Å². The summed E-state index contributed by atoms with van der Waals surface area (Å²) in [6.07, 6.45) is 1.83. The molecule has 0 aliphatic carbocycles. The highest BCUT2D eigenvalue weighted by molar-refractivity contribution is 8.18. The number of para-hydroxylation sites is 1. The number of carbonyl (C=O) groups excluding carboxylic acids is 1. The standard InChI is InChI=1S/C21H22N2O3S/c1-14(2)23-20(24)19(27-21(23)22-16-8-6-5-7-9-16)13-15-12-17(25-3)10-11-18(15)26-4/h5-14H,1-4H3/b19-13+,22-21?. The van der Waals surface area contributed by atoms with Crippen LogP contribution in [0, 0.1) is 0 Å². The maximum atomic E-state index is 13.0. The summed E-state index contributed by atoms with van der Waals surface area (Å²) in [5.74, 6) is 1.33. The second-order valence-corrected chi connectivity index (χ2v) is 7.23. The first-order valence-electron chi connectivity index (χ1n) is 8.62. The fourth-order valence-corrected chi connectivity index (χ4v) is 3.84. The molecule has 6 heteroatoms. The van der Waals surface area contributed by atoms with Gasteiger partial charge in [-0.3, -0.25) is 9.69 Å². The Bertz CT molecular complexity index is 892. The minimum absolute atomic E-state index is 0.00515. The maximum Gasteiger partial charge on any atom is 0.266 e. The lowest BCUT2D eigenvalue weighted by Crippen LogP contribution is -2.35. The topological polar surface area (TPSA) is 51.1 Å². The number of amidine groups is 1. The van der Waals surface area contributed by atoms with Crippen LogP contribution in [0.1, 0.15) is 19.4 Å². The normalized spacial score (nSPS) is 17.2. The molecule has 1 fully saturated rings. The largest absolute Gasteiger partial charge is 0.497 e. The number of hydrogen-bond acceptors (Lipinski definition) is 5. The molecule has 0 bridgehead atoms. The van der Waals surface area contributed by atoms with Crippen molar-refractivity contribution in [1.29, 1.82) is 0 Å². The number of nitrogens with zero attached hydrogens (tertiary/aromatic N) is 2. The predicted octanol–water partition coefficient (Wildman–Crippen LogP) is 4.72. The monoisotopic (exact) mass is 382 g/mol. The Morgan fingerprint density at radius 3 is 2.44 bits per heavy atom. The van der Waals surface area contributed by atoms with Crippen molar-refractivity contribution < 1.29 is 14.3 Å². The molecule has 1 aliphatic heterocycles. The van der Waals surface area contributed by atoms with E-state index in [1.54, 1.807) is 19.1 Å². The van der Waals surface area contributed by atoms with Crippen LogP contribution in [-0.2, 0) is 4.79 Å². The number of methoxy groups -OCH3 is 2. The Labute approximate surface area is 163 Å². The van der Waals surface area contributed by atoms with Gasteiger partial charge in [-0.05, 0) is 62.0 Å². The second kappa shape index (κ2) is 8.31. The number of carbonyl (C=O) groups is 1. The number of thioether (sulfide) groups is 1. The lowest BCUT2D eigenvalue weighted by atomic mass is 10.1. The summed E-state index contributed by atoms with van der Waals surface area (Å²) in [6.45, 7) is 3.96. The van der Waals surface area contributed by atoms with Crippen molar-refractivity contribution in [3.05, 3.63) is 59.0 Å². The molecular weight excluding hydrogens is 360 g/mol. The second-order valence-electron chi connectivity index (χ2n) is 6.22. The van der Waals surface area contributed by atoms with Gasteiger partial charge in [0, 0.05) is 11.6 Å². The summed E-state index contributed by atoms with van der Waals surface area (Å²) in [6, 6.07) is 15.2. The van der Waals surface area contributed by atoms with Gasteiger partial charge in [-0.25, -0.2) is 4.99 Å². The average molecular weight is 382 g/mol. The quantitative estimate of drug-likeness (QED) is 0.703. The molecular formula is C21H22N2O3S. The van der Waals surface area contributed by atoms with Crippen molar-refractivity contribution >= 4 is 34.6 Å². The van der Waals surface area contributed by atoms with Crippen LogP contribution in [0.25, 0.3) is 6.08 Å². The minimum Gasteiger partial charge on any atom is -0.497 e. The molecule has 0 aromatic heterocycles. The third-order valence-corrected chi connectivity index (χ3v) is 5.04. The van der Waals surface area contributed by atoms with Crippen LogP contribution in [0.5, 0.6) is 11.5 Å². The van der Waals surface area contributed by atoms with Gasteiger partial charge < -0.3 is 9.47 Å². The Hall–Kier alpha value is -2.73. The summed E-state index contributed by atoms with van der Waals surface area (Å²) < 4.78 is 10.7. The van der Waals surface area contributed by atoms with E-state index < -0.39 is 0 Å². The van der Waals surface area contributed by atoms with Crippen molar-refractivity contribution in [3.63, 3.8) is 0 Å². The van der Waals surface area contributed by atoms with Crippen molar-refractivity contribution in [2.75, 3.05) is 14.2 Å². The summed E-state index contributed by atoms with van der Waals surface area (Å²) in [5.41, 5.74) is 1.61. The van der Waals surface area contributed by atoms with Crippen LogP contribution in [-0.4, -0.2) is 36.2 Å². The molecule has 1 amide bonds. The van der Waals surface area contributed by atoms with Gasteiger partial charge in [0.1, 0.15) is 11.5 Å². The van der Waals surface area contributed by atoms with Crippen LogP contribution in [0.3, 0.4) is 0 Å². The van der Waals surface area contributed by atoms with Gasteiger partial charge in [0.25, 0.3) is 5.91 Å². The lowest BCUT2D eigenvalue weighted by molar-refractivity contribution is -0.123. The Morgan fingerprint density at radius 1 is 1.07 bits per heavy atom. The van der Waals surface area contributed by atoms with Gasteiger partial charge in [0.15, 0.2) is 5.17 Å². The van der Waals surface area contributed by atoms with E-state index in [1.807, 2.05) is 68.5 Å². The summed E-state index contributed by atoms with van der Waals surface area (Å²) in [7, 11) is 3.22. The molecule has 0 unspecified atom stereocenters. The molecule has 0 atom stereocenters. The van der Waals surface area contributed by atoms with Gasteiger partial charge in [0.05, 0.1) is 24.8 Å². The molecule has 5 nitrogen and oxygen atoms in total. The molecule has 3 rings (SSSR count). The van der Waals surface area contributed by atoms with Crippen LogP contribution in [0.15, 0.2) is 58.4 Å². The molecule has 2 aromatic rings. The molecule has 1 saturated heterocycles. The number of amides is 1. The van der Waals surface area contributed by atoms with E-state index in [2.05, 4.69) is 4.99 Å². The van der Waals surface area contributed by atoms with Gasteiger partial charge >= 0.3 is 0 Å². The molecule has 140 valence electrons. The van der Waals surface area contributed by atoms with Crippen LogP contribution < -0.4 is 9.47 Å². The number of benzene rings is 2. The van der Waals surface area contributed by atoms with Gasteiger partial charge in [-0.1, -0.05) is 18.2 Å². The van der Waals surface area contributed by atoms with E-state index in [4.69, 9.17) is 9.47 Å². The smallest absolute Gasteiger partial charge is 0.266 e. The number of rotatable bonds is 5. The van der Waals surface area contributed by atoms with Crippen molar-refractivity contribution in [1.82, 2.24) is 4.90 Å². The fourth-order valence-electron chi connectivity index (χ4n) is 2.73. The van der Waals surface area contributed by atoms with Gasteiger partial charge in [-0.15, -0.1) is 0 Å². The number of hydrogen-bond donors (Lipinski definition) is 0. The Morgan fingerprint density at radius 2 is 1.81 bits per heavy atom. The highest BCUT2D eigenvalue weighted by Gasteiger charge is 2.35. The van der Waals surface area contributed by atoms with E-state index in [1.165, 1.54) is 11.8 Å². The zero-order chi connectivity index (χ0) is 19.4. The van der Waals surface area contributed by atoms with E-state index in [-0.39, 0.29) is 11.9 Å². The van der Waals surface area contributed by atoms with Crippen LogP contribution in [0.2, 0.25) is 0 Å². The molecule has 27 heavy (non-hydrogen) atoms. The highest BCUT2D eigenvalue weighted by atomic mass is 32.2. The molecule has 1 aliphatic rings. The third kappa shape index (κ3) is 4.17. The molecule has 1 heterocycles. The summed E-state index contributed by atoms with van der Waals surface area (Å²) in [4.78, 5) is 20.0. The van der Waals surface area contributed by atoms with Gasteiger partial charge in [0.2, 0.25) is 0 Å². The summed E-state index contributed by atoms with van der Waals surface area (Å²) in [5, 5.41) is 0.675. The lowest BCUT2D eigenvalue weighted by Gasteiger charge is -2.19. The third-order valence-electron chi connectivity index (χ3n) is 4.06. The minimum atomic E-state index is -0.0606. The van der Waals surface area contributed by atoms with E-state index >= 15 is 0 Å². The predicted molar refractivity (Wildman–Crippen MR) is 111 cm³/mol. The molecule has 2 aromatic carbocycles. The van der Waals surface area contributed by atoms with E-state index in [0.717, 1.165) is 11.3 Å². The number of ether oxygens (including phenoxy) is 2. The van der Waals surface area contributed by atoms with E-state index in [9.17, 15) is 4.79 Å². The Balaban J connectivity index is 2.01. The van der Waals surface area contributed by atoms with Crippen molar-refractivity contribution in [2.24, 2.45) is 4.99 Å². The van der Waals surface area contributed by atoms with E-state index in [0.29, 0.717) is 21.6 Å². The zero-order valence-electron chi connectivity index (χ0n) is 15.8. The molecule has 0 N–H and O–H groups in total. The molecule has 0 radical (unpaired) electrons. The van der Waals surface area contributed by atoms with Crippen molar-refractivity contribution in [2.45, 2.75) is 19.9 Å². The SMILES string of the molecule is COc1ccc(OC)c(/C=C2/SC(=Nc3ccccc3)N(C(C)C)C2=O)c1. The van der Waals surface area contributed by atoms with Gasteiger partial charge in [-0.2, -0.15) is 0 Å². The van der Waals surface area contributed by atoms with Crippen molar-refractivity contribution in [3.8, 4) is 11.5 Å². The first-order chi connectivity index (χ1) is 13.0. The number of aliphatic imine (C=N–C) groups is 1. The Kier molecular flexibility index (Phi) is 5.86. The fraction of sp³-hybridized carbons (Fsp3) is 0.238. The van der Waals surface area contributed by atoms with Crippen LogP contribution in [0.4, 0.5) is 5.69 Å². The molecule has 0 saturated carbocycles. The zero-order valence-corrected chi connectivity index (χ0v) is 16.6. The molecule has 0 spiro atoms. The first kappa shape index (κ1) is 19.0. The first-order valence-corrected chi connectivity index (χ1v) is 9.44. The summed E-state index contributed by atoms with van der Waals surface area (Å²) >= 11 is 1.37. The maximum absolute atomic E-state index is 13.0. The highest BCUT2D eigenvalue weighted by Crippen LogP contribution is 2.37. The average Bonchev–Trinajstić information content (AvgIpc) is 2.97.